The van der Waals surface area contributed by atoms with Crippen LogP contribution < -0.4 is 11.1 Å². The average molecular weight is 473 g/mol. The largest absolute Gasteiger partial charge is 0.382 e. The third-order valence-electron chi connectivity index (χ3n) is 5.13. The Morgan fingerprint density at radius 2 is 2.03 bits per heavy atom. The van der Waals surface area contributed by atoms with Gasteiger partial charge in [-0.3, -0.25) is 14.0 Å². The highest BCUT2D eigenvalue weighted by Gasteiger charge is 2.33. The van der Waals surface area contributed by atoms with Gasteiger partial charge in [-0.1, -0.05) is 24.1 Å². The number of rotatable bonds is 4. The predicted molar refractivity (Wildman–Crippen MR) is 132 cm³/mol. The second kappa shape index (κ2) is 9.27. The lowest BCUT2D eigenvalue weighted by Crippen LogP contribution is -2.30. The van der Waals surface area contributed by atoms with Gasteiger partial charge in [0.15, 0.2) is 0 Å². The summed E-state index contributed by atoms with van der Waals surface area (Å²) in [6.07, 6.45) is -2.61. The molecule has 174 valence electrons. The maximum atomic E-state index is 13.1. The van der Waals surface area contributed by atoms with Crippen LogP contribution in [0.3, 0.4) is 0 Å². The van der Waals surface area contributed by atoms with Crippen molar-refractivity contribution in [2.24, 2.45) is 0 Å². The number of benzene rings is 1. The van der Waals surface area contributed by atoms with Gasteiger partial charge in [0.1, 0.15) is 28.7 Å². The smallest absolute Gasteiger partial charge is 0.299 e. The maximum Gasteiger partial charge on any atom is 0.299 e. The third kappa shape index (κ3) is 4.17. The van der Waals surface area contributed by atoms with Crippen molar-refractivity contribution in [1.82, 2.24) is 24.3 Å². The SMILES string of the molecule is [2H]C1([2H])N(C(=O)C#CC)C([2H])(c2nc(-c3ccc(C(=O)Nc4ccccn4)cc3)c3c(N)nccn23)C([2H])([2H])C1([2H])[2H]. The Labute approximate surface area is 211 Å². The molecule has 1 saturated heterocycles. The number of amides is 2. The number of aromatic nitrogens is 4. The Balaban J connectivity index is 1.68. The molecule has 0 spiro atoms. The van der Waals surface area contributed by atoms with Gasteiger partial charge in [0.25, 0.3) is 11.8 Å². The second-order valence-electron chi connectivity index (χ2n) is 7.29. The molecule has 1 aromatic carbocycles. The van der Waals surface area contributed by atoms with Crippen LogP contribution in [0.4, 0.5) is 11.6 Å². The van der Waals surface area contributed by atoms with E-state index in [1.807, 2.05) is 0 Å². The summed E-state index contributed by atoms with van der Waals surface area (Å²) in [6.45, 7) is -2.00. The van der Waals surface area contributed by atoms with E-state index in [1.54, 1.807) is 18.2 Å². The number of nitrogens with two attached hydrogens (primary N) is 1. The molecule has 1 aliphatic heterocycles. The molecule has 0 radical (unpaired) electrons. The number of carbonyl (C=O) groups is 2. The molecule has 1 fully saturated rings. The summed E-state index contributed by atoms with van der Waals surface area (Å²) < 4.78 is 61.4. The Kier molecular flexibility index (Phi) is 4.04. The number of hydrogen-bond acceptors (Lipinski definition) is 6. The van der Waals surface area contributed by atoms with E-state index >= 15 is 0 Å². The highest BCUT2D eigenvalue weighted by atomic mass is 16.2. The normalized spacial score (nSPS) is 24.4. The zero-order valence-corrected chi connectivity index (χ0v) is 18.4. The van der Waals surface area contributed by atoms with Crippen molar-refractivity contribution in [2.75, 3.05) is 17.5 Å². The zero-order chi connectivity index (χ0) is 30.7. The highest BCUT2D eigenvalue weighted by Crippen LogP contribution is 2.36. The van der Waals surface area contributed by atoms with Crippen molar-refractivity contribution in [2.45, 2.75) is 25.7 Å². The van der Waals surface area contributed by atoms with Gasteiger partial charge in [0, 0.05) is 44.4 Å². The van der Waals surface area contributed by atoms with Gasteiger partial charge in [0.2, 0.25) is 0 Å². The van der Waals surface area contributed by atoms with E-state index in [4.69, 9.17) is 14.0 Å². The molecule has 3 aromatic heterocycles. The molecule has 4 aromatic rings. The van der Waals surface area contributed by atoms with E-state index < -0.39 is 42.9 Å². The van der Waals surface area contributed by atoms with Crippen molar-refractivity contribution in [1.29, 1.82) is 0 Å². The lowest BCUT2D eigenvalue weighted by molar-refractivity contribution is -0.126. The van der Waals surface area contributed by atoms with Crippen LogP contribution in [0.5, 0.6) is 0 Å². The number of nitrogen functional groups attached to an aromatic ring is 1. The molecule has 35 heavy (non-hydrogen) atoms. The molecule has 4 heterocycles. The average Bonchev–Trinajstić information content (AvgIpc) is 3.37. The maximum absolute atomic E-state index is 13.1. The van der Waals surface area contributed by atoms with Gasteiger partial charge in [-0.2, -0.15) is 0 Å². The van der Waals surface area contributed by atoms with Gasteiger partial charge in [-0.15, -0.1) is 0 Å². The van der Waals surface area contributed by atoms with Crippen LogP contribution in [0.1, 0.15) is 51.5 Å². The van der Waals surface area contributed by atoms with Crippen LogP contribution in [-0.2, 0) is 4.79 Å². The van der Waals surface area contributed by atoms with Crippen molar-refractivity contribution >= 4 is 29.0 Å². The molecule has 0 aliphatic carbocycles. The van der Waals surface area contributed by atoms with Crippen LogP contribution in [0.15, 0.2) is 61.1 Å². The lowest BCUT2D eigenvalue weighted by Gasteiger charge is -2.21. The van der Waals surface area contributed by atoms with E-state index in [-0.39, 0.29) is 27.5 Å². The minimum atomic E-state index is -3.36. The number of likely N-dealkylation sites (tertiary alicyclic amines) is 1. The minimum Gasteiger partial charge on any atom is -0.382 e. The monoisotopic (exact) mass is 472 g/mol. The zero-order valence-electron chi connectivity index (χ0n) is 25.4. The molecule has 0 saturated carbocycles. The molecule has 9 heteroatoms. The molecule has 3 N–H and O–H groups in total. The molecular formula is C26H23N7O2. The van der Waals surface area contributed by atoms with E-state index in [0.29, 0.717) is 11.4 Å². The lowest BCUT2D eigenvalue weighted by atomic mass is 10.1. The van der Waals surface area contributed by atoms with Gasteiger partial charge >= 0.3 is 0 Å². The van der Waals surface area contributed by atoms with Crippen LogP contribution in [-0.4, -0.2) is 42.6 Å². The summed E-state index contributed by atoms with van der Waals surface area (Å²) >= 11 is 0. The molecule has 0 bridgehead atoms. The topological polar surface area (TPSA) is 119 Å². The van der Waals surface area contributed by atoms with Gasteiger partial charge < -0.3 is 16.0 Å². The van der Waals surface area contributed by atoms with Crippen molar-refractivity contribution < 1.29 is 19.2 Å². The van der Waals surface area contributed by atoms with E-state index in [2.05, 4.69) is 32.1 Å². The predicted octanol–water partition coefficient (Wildman–Crippen LogP) is 3.31. The number of fused-ring (bicyclic) bond motifs is 1. The Morgan fingerprint density at radius 3 is 2.77 bits per heavy atom. The first kappa shape index (κ1) is 15.2. The number of pyridine rings is 1. The molecule has 5 rings (SSSR count). The van der Waals surface area contributed by atoms with Crippen molar-refractivity contribution in [3.05, 3.63) is 72.4 Å². The van der Waals surface area contributed by atoms with Crippen LogP contribution >= 0.6 is 0 Å². The minimum absolute atomic E-state index is 0.0803. The molecule has 2 amide bonds. The number of hydrogen-bond donors (Lipinski definition) is 2. The summed E-state index contributed by atoms with van der Waals surface area (Å²) in [4.78, 5) is 38.5. The molecular weight excluding hydrogens is 442 g/mol. The number of imidazole rings is 1. The molecule has 9 nitrogen and oxygen atoms in total. The van der Waals surface area contributed by atoms with Crippen LogP contribution in [0, 0.1) is 11.8 Å². The number of anilines is 2. The van der Waals surface area contributed by atoms with Gasteiger partial charge in [0.05, 0.1) is 7.39 Å². The Hall–Kier alpha value is -4.71. The highest BCUT2D eigenvalue weighted by molar-refractivity contribution is 6.04. The number of nitrogens with zero attached hydrogens (tertiary/aromatic N) is 5. The van der Waals surface area contributed by atoms with Crippen molar-refractivity contribution in [3.8, 4) is 23.1 Å². The van der Waals surface area contributed by atoms with Gasteiger partial charge in [-0.05, 0) is 49.9 Å². The summed E-state index contributed by atoms with van der Waals surface area (Å²) in [6, 6.07) is 8.08. The van der Waals surface area contributed by atoms with Crippen molar-refractivity contribution in [3.63, 3.8) is 0 Å². The summed E-state index contributed by atoms with van der Waals surface area (Å²) in [5.74, 6) is 2.42. The van der Waals surface area contributed by atoms with Crippen LogP contribution in [0.25, 0.3) is 16.8 Å². The standard InChI is InChI=1S/C26H23N7O2/c1-2-6-21(34)32-15-5-7-19(32)25-31-22(23-24(27)29-14-16-33(23)25)17-9-11-18(12-10-17)26(35)30-20-8-3-4-13-28-20/h3-4,8-14,16,19H,5,7,15H2,1H3,(H2,27,29)(H,28,30,35)/i5D2,7D2,15D2,19D. The molecule has 1 atom stereocenters. The first-order valence-corrected chi connectivity index (χ1v) is 10.4. The number of nitrogens with one attached hydrogen (secondary N) is 1. The molecule has 1 unspecified atom stereocenters. The van der Waals surface area contributed by atoms with Crippen LogP contribution in [0.2, 0.25) is 0 Å². The van der Waals surface area contributed by atoms with E-state index in [1.165, 1.54) is 54.2 Å². The second-order valence-corrected chi connectivity index (χ2v) is 7.29. The van der Waals surface area contributed by atoms with E-state index in [9.17, 15) is 11.0 Å². The first-order valence-electron chi connectivity index (χ1n) is 13.9. The Bertz CT molecular complexity index is 1780. The summed E-state index contributed by atoms with van der Waals surface area (Å²) in [7, 11) is 0. The molecule has 1 aliphatic rings. The van der Waals surface area contributed by atoms with E-state index in [0.717, 1.165) is 0 Å². The fourth-order valence-electron chi connectivity index (χ4n) is 3.56. The number of carbonyl (C=O) groups excluding carboxylic acids is 2. The van der Waals surface area contributed by atoms with Gasteiger partial charge in [-0.25, -0.2) is 15.0 Å². The quantitative estimate of drug-likeness (QED) is 0.440. The third-order valence-corrected chi connectivity index (χ3v) is 5.13. The Morgan fingerprint density at radius 1 is 1.20 bits per heavy atom. The fraction of sp³-hybridized carbons (Fsp3) is 0.192. The summed E-state index contributed by atoms with van der Waals surface area (Å²) in [5.41, 5.74) is 7.01. The first-order chi connectivity index (χ1) is 19.7. The fourth-order valence-corrected chi connectivity index (χ4v) is 3.56. The summed E-state index contributed by atoms with van der Waals surface area (Å²) in [5, 5.41) is 2.67.